The molecule has 1 heterocycles. The normalized spacial score (nSPS) is 17.2. The minimum atomic E-state index is -3.52. The number of carbonyl (C=O) groups excluding carboxylic acids is 1. The summed E-state index contributed by atoms with van der Waals surface area (Å²) in [6.45, 7) is 0.393. The molecule has 1 aliphatic rings. The first-order valence-electron chi connectivity index (χ1n) is 8.29. The number of sulfone groups is 1. The van der Waals surface area contributed by atoms with Gasteiger partial charge in [-0.2, -0.15) is 0 Å². The Bertz CT molecular complexity index is 907. The Morgan fingerprint density at radius 3 is 2.31 bits per heavy atom. The number of carbonyl (C=O) groups is 2. The lowest BCUT2D eigenvalue weighted by Gasteiger charge is -2.21. The van der Waals surface area contributed by atoms with Crippen LogP contribution in [0.5, 0.6) is 0 Å². The zero-order chi connectivity index (χ0) is 18.7. The van der Waals surface area contributed by atoms with E-state index in [-0.39, 0.29) is 22.1 Å². The zero-order valence-corrected chi connectivity index (χ0v) is 14.9. The van der Waals surface area contributed by atoms with Crippen molar-refractivity contribution in [3.05, 3.63) is 65.7 Å². The van der Waals surface area contributed by atoms with Crippen LogP contribution in [0.2, 0.25) is 0 Å². The minimum absolute atomic E-state index is 0.117. The Kier molecular flexibility index (Phi) is 5.08. The van der Waals surface area contributed by atoms with Gasteiger partial charge in [0.2, 0.25) is 0 Å². The van der Waals surface area contributed by atoms with E-state index in [1.54, 1.807) is 24.3 Å². The van der Waals surface area contributed by atoms with Crippen LogP contribution in [0.3, 0.4) is 0 Å². The molecular weight excluding hydrogens is 354 g/mol. The van der Waals surface area contributed by atoms with Crippen LogP contribution in [-0.2, 0) is 20.4 Å². The third kappa shape index (κ3) is 3.77. The smallest absolute Gasteiger partial charge is 0.326 e. The fourth-order valence-corrected chi connectivity index (χ4v) is 4.46. The van der Waals surface area contributed by atoms with E-state index in [1.165, 1.54) is 29.2 Å². The first-order valence-corrected chi connectivity index (χ1v) is 9.94. The predicted octanol–water partition coefficient (Wildman–Crippen LogP) is 2.35. The van der Waals surface area contributed by atoms with Crippen molar-refractivity contribution in [3.8, 4) is 0 Å². The van der Waals surface area contributed by atoms with E-state index in [2.05, 4.69) is 0 Å². The third-order valence-corrected chi connectivity index (χ3v) is 6.16. The number of amides is 1. The summed E-state index contributed by atoms with van der Waals surface area (Å²) >= 11 is 0. The van der Waals surface area contributed by atoms with Crippen molar-refractivity contribution in [1.29, 1.82) is 0 Å². The van der Waals surface area contributed by atoms with Gasteiger partial charge in [-0.3, -0.25) is 4.79 Å². The lowest BCUT2D eigenvalue weighted by molar-refractivity contribution is -0.141. The van der Waals surface area contributed by atoms with Crippen molar-refractivity contribution in [2.45, 2.75) is 29.5 Å². The molecule has 1 unspecified atom stereocenters. The van der Waals surface area contributed by atoms with Gasteiger partial charge in [0.15, 0.2) is 9.84 Å². The van der Waals surface area contributed by atoms with Crippen LogP contribution in [0.4, 0.5) is 0 Å². The predicted molar refractivity (Wildman–Crippen MR) is 95.5 cm³/mol. The van der Waals surface area contributed by atoms with Gasteiger partial charge in [-0.15, -0.1) is 0 Å². The Labute approximate surface area is 152 Å². The molecule has 26 heavy (non-hydrogen) atoms. The number of likely N-dealkylation sites (tertiary alicyclic amines) is 1. The van der Waals surface area contributed by atoms with Gasteiger partial charge in [-0.25, -0.2) is 13.2 Å². The van der Waals surface area contributed by atoms with E-state index in [4.69, 9.17) is 0 Å². The summed E-state index contributed by atoms with van der Waals surface area (Å²) in [5, 5.41) is 9.20. The highest BCUT2D eigenvalue weighted by atomic mass is 32.2. The molecule has 0 aromatic heterocycles. The Balaban J connectivity index is 1.78. The van der Waals surface area contributed by atoms with Crippen molar-refractivity contribution < 1.29 is 23.1 Å². The van der Waals surface area contributed by atoms with Crippen molar-refractivity contribution in [2.24, 2.45) is 0 Å². The minimum Gasteiger partial charge on any atom is -0.480 e. The zero-order valence-electron chi connectivity index (χ0n) is 14.0. The van der Waals surface area contributed by atoms with Crippen LogP contribution in [0, 0.1) is 0 Å². The molecule has 2 aromatic rings. The van der Waals surface area contributed by atoms with Gasteiger partial charge in [0, 0.05) is 12.1 Å². The molecule has 0 bridgehead atoms. The van der Waals surface area contributed by atoms with Crippen LogP contribution in [0.15, 0.2) is 59.5 Å². The highest BCUT2D eigenvalue weighted by Crippen LogP contribution is 2.22. The molecule has 0 saturated carbocycles. The van der Waals surface area contributed by atoms with Gasteiger partial charge in [-0.1, -0.05) is 30.3 Å². The number of hydrogen-bond acceptors (Lipinski definition) is 4. The topological polar surface area (TPSA) is 91.8 Å². The van der Waals surface area contributed by atoms with E-state index in [1.807, 2.05) is 6.07 Å². The number of carboxylic acid groups (broad SMARTS) is 1. The summed E-state index contributed by atoms with van der Waals surface area (Å²) < 4.78 is 25.0. The number of nitrogens with zero attached hydrogens (tertiary/aromatic N) is 1. The summed E-state index contributed by atoms with van der Waals surface area (Å²) in [5.41, 5.74) is 0.978. The van der Waals surface area contributed by atoms with Crippen molar-refractivity contribution >= 4 is 21.7 Å². The third-order valence-electron chi connectivity index (χ3n) is 4.46. The van der Waals surface area contributed by atoms with Crippen LogP contribution < -0.4 is 0 Å². The van der Waals surface area contributed by atoms with Gasteiger partial charge < -0.3 is 10.0 Å². The number of carboxylic acids is 1. The van der Waals surface area contributed by atoms with E-state index >= 15 is 0 Å². The second-order valence-electron chi connectivity index (χ2n) is 6.26. The average Bonchev–Trinajstić information content (AvgIpc) is 3.12. The molecule has 1 atom stereocenters. The number of hydrogen-bond donors (Lipinski definition) is 1. The number of benzene rings is 2. The van der Waals surface area contributed by atoms with E-state index in [0.29, 0.717) is 24.9 Å². The molecule has 7 heteroatoms. The van der Waals surface area contributed by atoms with Gasteiger partial charge in [0.25, 0.3) is 5.91 Å². The molecule has 0 aliphatic carbocycles. The van der Waals surface area contributed by atoms with Crippen LogP contribution in [-0.4, -0.2) is 42.9 Å². The monoisotopic (exact) mass is 373 g/mol. The summed E-state index contributed by atoms with van der Waals surface area (Å²) in [5.74, 6) is -1.52. The maximum absolute atomic E-state index is 12.5. The molecule has 1 N–H and O–H groups in total. The standard InChI is InChI=1S/C19H19NO5S/c21-18(20-12-4-7-17(20)19(22)23)15-8-10-16(11-9-15)26(24,25)13-14-5-2-1-3-6-14/h1-3,5-6,8-11,17H,4,7,12-13H2,(H,22,23). The molecule has 1 saturated heterocycles. The van der Waals surface area contributed by atoms with E-state index in [0.717, 1.165) is 0 Å². The molecule has 3 rings (SSSR count). The molecule has 0 radical (unpaired) electrons. The van der Waals surface area contributed by atoms with E-state index < -0.39 is 21.8 Å². The first-order chi connectivity index (χ1) is 12.4. The fraction of sp³-hybridized carbons (Fsp3) is 0.263. The molecule has 0 spiro atoms. The van der Waals surface area contributed by atoms with Crippen LogP contribution in [0.25, 0.3) is 0 Å². The lowest BCUT2D eigenvalue weighted by atomic mass is 10.1. The van der Waals surface area contributed by atoms with Crippen LogP contribution >= 0.6 is 0 Å². The highest BCUT2D eigenvalue weighted by molar-refractivity contribution is 7.90. The fourth-order valence-electron chi connectivity index (χ4n) is 3.11. The molecule has 6 nitrogen and oxygen atoms in total. The number of rotatable bonds is 5. The quantitative estimate of drug-likeness (QED) is 0.869. The first kappa shape index (κ1) is 18.1. The Morgan fingerprint density at radius 2 is 1.69 bits per heavy atom. The molecule has 136 valence electrons. The Hall–Kier alpha value is -2.67. The van der Waals surface area contributed by atoms with Crippen molar-refractivity contribution in [2.75, 3.05) is 6.54 Å². The Morgan fingerprint density at radius 1 is 1.04 bits per heavy atom. The molecular formula is C19H19NO5S. The molecule has 1 amide bonds. The van der Waals surface area contributed by atoms with Crippen molar-refractivity contribution in [1.82, 2.24) is 4.90 Å². The van der Waals surface area contributed by atoms with Crippen LogP contribution in [0.1, 0.15) is 28.8 Å². The summed E-state index contributed by atoms with van der Waals surface area (Å²) in [6.07, 6.45) is 1.08. The van der Waals surface area contributed by atoms with Gasteiger partial charge in [-0.05, 0) is 42.7 Å². The van der Waals surface area contributed by atoms with Gasteiger partial charge >= 0.3 is 5.97 Å². The average molecular weight is 373 g/mol. The van der Waals surface area contributed by atoms with Gasteiger partial charge in [0.1, 0.15) is 6.04 Å². The maximum atomic E-state index is 12.5. The largest absolute Gasteiger partial charge is 0.480 e. The SMILES string of the molecule is O=C(O)C1CCCN1C(=O)c1ccc(S(=O)(=O)Cc2ccccc2)cc1. The molecule has 2 aromatic carbocycles. The molecule has 1 aliphatic heterocycles. The molecule has 1 fully saturated rings. The summed E-state index contributed by atoms with van der Waals surface area (Å²) in [6, 6.07) is 13.7. The lowest BCUT2D eigenvalue weighted by Crippen LogP contribution is -2.40. The summed E-state index contributed by atoms with van der Waals surface area (Å²) in [7, 11) is -3.52. The van der Waals surface area contributed by atoms with Crippen molar-refractivity contribution in [3.63, 3.8) is 0 Å². The number of aliphatic carboxylic acids is 1. The second-order valence-corrected chi connectivity index (χ2v) is 8.25. The van der Waals surface area contributed by atoms with Gasteiger partial charge in [0.05, 0.1) is 10.6 Å². The van der Waals surface area contributed by atoms with E-state index in [9.17, 15) is 23.1 Å². The maximum Gasteiger partial charge on any atom is 0.326 e. The second kappa shape index (κ2) is 7.29. The summed E-state index contributed by atoms with van der Waals surface area (Å²) in [4.78, 5) is 25.2. The highest BCUT2D eigenvalue weighted by Gasteiger charge is 2.34.